The van der Waals surface area contributed by atoms with E-state index in [1.165, 1.54) is 11.8 Å². The zero-order valence-electron chi connectivity index (χ0n) is 21.3. The molecule has 0 fully saturated rings. The van der Waals surface area contributed by atoms with Crippen molar-refractivity contribution in [1.29, 1.82) is 0 Å². The summed E-state index contributed by atoms with van der Waals surface area (Å²) in [5.74, 6) is 0.307. The molecule has 0 radical (unpaired) electrons. The number of fused-ring (bicyclic) bond motifs is 2. The summed E-state index contributed by atoms with van der Waals surface area (Å²) in [6, 6.07) is 7.55. The van der Waals surface area contributed by atoms with Crippen LogP contribution in [0.15, 0.2) is 41.5 Å². The van der Waals surface area contributed by atoms with Crippen LogP contribution in [0.2, 0.25) is 0 Å². The molecule has 4 aromatic rings. The third kappa shape index (κ3) is 4.73. The highest BCUT2D eigenvalue weighted by atomic mass is 19.4. The van der Waals surface area contributed by atoms with E-state index in [1.807, 2.05) is 32.9 Å². The Morgan fingerprint density at radius 3 is 2.59 bits per heavy atom. The zero-order valence-corrected chi connectivity index (χ0v) is 21.3. The van der Waals surface area contributed by atoms with E-state index in [4.69, 9.17) is 0 Å². The van der Waals surface area contributed by atoms with Gasteiger partial charge in [-0.05, 0) is 44.0 Å². The summed E-state index contributed by atoms with van der Waals surface area (Å²) >= 11 is 0. The monoisotopic (exact) mass is 514 g/mol. The predicted octanol–water partition coefficient (Wildman–Crippen LogP) is 4.22. The van der Waals surface area contributed by atoms with Crippen LogP contribution in [0.5, 0.6) is 0 Å². The highest BCUT2D eigenvalue weighted by Gasteiger charge is 2.33. The minimum atomic E-state index is -4.62. The number of aromatic nitrogens is 6. The molecule has 196 valence electrons. The van der Waals surface area contributed by atoms with E-state index in [2.05, 4.69) is 45.6 Å². The molecular weight excluding hydrogens is 485 g/mol. The highest BCUT2D eigenvalue weighted by molar-refractivity contribution is 5.77. The van der Waals surface area contributed by atoms with Crippen LogP contribution in [0, 0.1) is 0 Å². The molecule has 0 atom stereocenters. The Hall–Kier alpha value is -3.67. The lowest BCUT2D eigenvalue weighted by Crippen LogP contribution is -2.38. The van der Waals surface area contributed by atoms with Gasteiger partial charge in [0, 0.05) is 42.7 Å². The zero-order chi connectivity index (χ0) is 26.8. The lowest BCUT2D eigenvalue weighted by Gasteiger charge is -2.33. The fourth-order valence-electron chi connectivity index (χ4n) is 4.65. The Kier molecular flexibility index (Phi) is 5.70. The van der Waals surface area contributed by atoms with E-state index in [1.54, 1.807) is 16.9 Å². The summed E-state index contributed by atoms with van der Waals surface area (Å²) in [7, 11) is 0. The first-order valence-electron chi connectivity index (χ1n) is 12.0. The average Bonchev–Trinajstić information content (AvgIpc) is 3.36. The first kappa shape index (κ1) is 25.0. The van der Waals surface area contributed by atoms with Crippen LogP contribution in [-0.4, -0.2) is 41.8 Å². The first-order valence-corrected chi connectivity index (χ1v) is 12.0. The van der Waals surface area contributed by atoms with Crippen molar-refractivity contribution >= 4 is 22.7 Å². The second kappa shape index (κ2) is 8.44. The number of nitrogens with zero attached hydrogens (tertiary/aromatic N) is 6. The van der Waals surface area contributed by atoms with E-state index in [0.29, 0.717) is 4.68 Å². The largest absolute Gasteiger partial charge is 0.408 e. The maximum absolute atomic E-state index is 13.4. The third-order valence-electron chi connectivity index (χ3n) is 6.46. The minimum Gasteiger partial charge on any atom is -0.324 e. The van der Waals surface area contributed by atoms with Gasteiger partial charge in [-0.25, -0.2) is 14.3 Å². The maximum atomic E-state index is 13.4. The highest BCUT2D eigenvalue weighted by Crippen LogP contribution is 2.32. The number of alkyl halides is 3. The number of anilines is 2. The maximum Gasteiger partial charge on any atom is 0.408 e. The predicted molar refractivity (Wildman–Crippen MR) is 134 cm³/mol. The van der Waals surface area contributed by atoms with Crippen molar-refractivity contribution < 1.29 is 13.2 Å². The molecule has 0 spiro atoms. The smallest absolute Gasteiger partial charge is 0.324 e. The van der Waals surface area contributed by atoms with Gasteiger partial charge in [0.2, 0.25) is 5.95 Å². The summed E-state index contributed by atoms with van der Waals surface area (Å²) in [5, 5.41) is 11.0. The van der Waals surface area contributed by atoms with Gasteiger partial charge in [-0.3, -0.25) is 9.48 Å². The summed E-state index contributed by atoms with van der Waals surface area (Å²) in [6.45, 7) is 10.2. The van der Waals surface area contributed by atoms with Crippen LogP contribution >= 0.6 is 0 Å². The number of benzene rings is 1. The van der Waals surface area contributed by atoms with Crippen LogP contribution in [0.3, 0.4) is 0 Å². The number of hydrogen-bond acceptors (Lipinski definition) is 6. The summed E-state index contributed by atoms with van der Waals surface area (Å²) in [6.07, 6.45) is -1.71. The van der Waals surface area contributed by atoms with Crippen molar-refractivity contribution in [2.24, 2.45) is 0 Å². The Morgan fingerprint density at radius 1 is 1.16 bits per heavy atom. The Bertz CT molecular complexity index is 1540. The van der Waals surface area contributed by atoms with E-state index in [0.717, 1.165) is 29.0 Å². The summed E-state index contributed by atoms with van der Waals surface area (Å²) < 4.78 is 43.7. The topological polar surface area (TPSA) is 94.6 Å². The average molecular weight is 515 g/mol. The quantitative estimate of drug-likeness (QED) is 0.424. The van der Waals surface area contributed by atoms with Crippen molar-refractivity contribution in [3.63, 3.8) is 0 Å². The third-order valence-corrected chi connectivity index (χ3v) is 6.46. The second-order valence-corrected chi connectivity index (χ2v) is 11.0. The molecule has 3 aromatic heterocycles. The van der Waals surface area contributed by atoms with E-state index in [-0.39, 0.29) is 28.2 Å². The standard InChI is InChI=1S/C25H29F3N8O/c1-23(2,3)35-9-8-19(33-35)36-20-17(21(37)34(36)14-25(26,27)28)12-30-22(32-20)31-16-6-7-18-15(10-16)11-29-13-24(18,4)5/h6-10,12,29H,11,13-14H2,1-5H3,(H,30,31,32). The molecule has 0 bridgehead atoms. The van der Waals surface area contributed by atoms with E-state index < -0.39 is 23.8 Å². The van der Waals surface area contributed by atoms with Crippen LogP contribution < -0.4 is 16.2 Å². The van der Waals surface area contributed by atoms with Gasteiger partial charge in [-0.2, -0.15) is 23.3 Å². The van der Waals surface area contributed by atoms with Crippen molar-refractivity contribution in [2.75, 3.05) is 11.9 Å². The second-order valence-electron chi connectivity index (χ2n) is 11.0. The van der Waals surface area contributed by atoms with Gasteiger partial charge in [0.15, 0.2) is 11.5 Å². The van der Waals surface area contributed by atoms with Gasteiger partial charge in [-0.1, -0.05) is 19.9 Å². The number of halogens is 3. The van der Waals surface area contributed by atoms with Gasteiger partial charge in [-0.15, -0.1) is 0 Å². The van der Waals surface area contributed by atoms with Gasteiger partial charge in [0.05, 0.1) is 5.54 Å². The van der Waals surface area contributed by atoms with Crippen molar-refractivity contribution in [1.82, 2.24) is 34.4 Å². The van der Waals surface area contributed by atoms with Crippen LogP contribution in [0.4, 0.5) is 24.8 Å². The minimum absolute atomic E-state index is 0.00452. The molecule has 1 aromatic carbocycles. The molecule has 9 nitrogen and oxygen atoms in total. The number of hydrogen-bond donors (Lipinski definition) is 2. The molecule has 1 aliphatic heterocycles. The molecule has 12 heteroatoms. The van der Waals surface area contributed by atoms with Gasteiger partial charge in [0.25, 0.3) is 5.56 Å². The van der Waals surface area contributed by atoms with Crippen molar-refractivity contribution in [3.8, 4) is 5.82 Å². The van der Waals surface area contributed by atoms with Gasteiger partial charge in [0.1, 0.15) is 11.9 Å². The summed E-state index contributed by atoms with van der Waals surface area (Å²) in [5.41, 5.74) is 1.91. The molecule has 0 amide bonds. The van der Waals surface area contributed by atoms with E-state index in [9.17, 15) is 18.0 Å². The number of rotatable bonds is 4. The molecule has 0 saturated heterocycles. The van der Waals surface area contributed by atoms with E-state index >= 15 is 0 Å². The van der Waals surface area contributed by atoms with Crippen molar-refractivity contribution in [3.05, 3.63) is 58.1 Å². The lowest BCUT2D eigenvalue weighted by molar-refractivity contribution is -0.144. The Morgan fingerprint density at radius 2 is 1.92 bits per heavy atom. The molecule has 0 unspecified atom stereocenters. The van der Waals surface area contributed by atoms with Gasteiger partial charge >= 0.3 is 6.18 Å². The fraction of sp³-hybridized carbons (Fsp3) is 0.440. The fourth-order valence-corrected chi connectivity index (χ4v) is 4.65. The number of nitrogens with one attached hydrogen (secondary N) is 2. The summed E-state index contributed by atoms with van der Waals surface area (Å²) in [4.78, 5) is 21.7. The molecule has 0 aliphatic carbocycles. The first-order chi connectivity index (χ1) is 17.2. The Labute approximate surface area is 211 Å². The molecule has 5 rings (SSSR count). The molecule has 0 saturated carbocycles. The normalized spacial score (nSPS) is 15.7. The van der Waals surface area contributed by atoms with Crippen LogP contribution in [0.25, 0.3) is 16.9 Å². The molecule has 2 N–H and O–H groups in total. The van der Waals surface area contributed by atoms with Crippen LogP contribution in [0.1, 0.15) is 45.7 Å². The van der Waals surface area contributed by atoms with Gasteiger partial charge < -0.3 is 10.6 Å². The van der Waals surface area contributed by atoms with Crippen molar-refractivity contribution in [2.45, 2.75) is 64.8 Å². The Balaban J connectivity index is 1.60. The lowest BCUT2D eigenvalue weighted by atomic mass is 9.79. The molecule has 4 heterocycles. The molecule has 37 heavy (non-hydrogen) atoms. The SMILES string of the molecule is CC1(C)CNCc2cc(Nc3ncc4c(=O)n(CC(F)(F)F)n(-c5ccn(C(C)(C)C)n5)c4n3)ccc21. The molecular formula is C25H29F3N8O. The van der Waals surface area contributed by atoms with Crippen LogP contribution in [-0.2, 0) is 24.0 Å². The molecule has 1 aliphatic rings.